The van der Waals surface area contributed by atoms with E-state index in [0.717, 1.165) is 11.4 Å². The number of aromatic nitrogens is 1. The van der Waals surface area contributed by atoms with Gasteiger partial charge in [-0.3, -0.25) is 4.98 Å². The van der Waals surface area contributed by atoms with Crippen LogP contribution in [0.3, 0.4) is 0 Å². The minimum absolute atomic E-state index is 0.296. The molecule has 0 unspecified atom stereocenters. The Balaban J connectivity index is 2.93. The normalized spacial score (nSPS) is 12.5. The molecule has 2 nitrogen and oxygen atoms in total. The molecule has 2 heteroatoms. The molecule has 0 saturated carbocycles. The lowest BCUT2D eigenvalue weighted by atomic mass is 10.2. The van der Waals surface area contributed by atoms with E-state index in [1.165, 1.54) is 0 Å². The van der Waals surface area contributed by atoms with Crippen LogP contribution < -0.4 is 5.32 Å². The summed E-state index contributed by atoms with van der Waals surface area (Å²) in [4.78, 5) is 4.38. The molecule has 1 aromatic rings. The first-order valence-electron chi connectivity index (χ1n) is 4.04. The molecule has 1 rings (SSSR count). The van der Waals surface area contributed by atoms with Crippen molar-refractivity contribution < 1.29 is 0 Å². The van der Waals surface area contributed by atoms with E-state index in [1.54, 1.807) is 6.08 Å². The first kappa shape index (κ1) is 8.94. The van der Waals surface area contributed by atoms with Crippen molar-refractivity contribution in [1.29, 1.82) is 0 Å². The van der Waals surface area contributed by atoms with Gasteiger partial charge in [0.2, 0.25) is 0 Å². The molecule has 64 valence electrons. The average Bonchev–Trinajstić information content (AvgIpc) is 2.17. The van der Waals surface area contributed by atoms with Gasteiger partial charge in [0.15, 0.2) is 0 Å². The molecule has 0 aliphatic carbocycles. The van der Waals surface area contributed by atoms with Crippen molar-refractivity contribution in [2.24, 2.45) is 0 Å². The lowest BCUT2D eigenvalue weighted by molar-refractivity contribution is 0.632. The SMILES string of the molecule is C=Cc1cccc([C@@H](C)NC)n1. The highest BCUT2D eigenvalue weighted by Crippen LogP contribution is 2.09. The zero-order chi connectivity index (χ0) is 8.97. The summed E-state index contributed by atoms with van der Waals surface area (Å²) in [5, 5.41) is 3.14. The van der Waals surface area contributed by atoms with Crippen molar-refractivity contribution in [2.75, 3.05) is 7.05 Å². The Labute approximate surface area is 73.3 Å². The van der Waals surface area contributed by atoms with Crippen molar-refractivity contribution in [3.8, 4) is 0 Å². The number of hydrogen-bond acceptors (Lipinski definition) is 2. The summed E-state index contributed by atoms with van der Waals surface area (Å²) in [6.45, 7) is 5.75. The lowest BCUT2D eigenvalue weighted by Crippen LogP contribution is -2.13. The van der Waals surface area contributed by atoms with Gasteiger partial charge in [0.25, 0.3) is 0 Å². The maximum Gasteiger partial charge on any atom is 0.0627 e. The van der Waals surface area contributed by atoms with Gasteiger partial charge in [-0.25, -0.2) is 0 Å². The molecule has 0 aliphatic heterocycles. The molecule has 0 fully saturated rings. The Kier molecular flexibility index (Phi) is 3.00. The second-order valence-electron chi connectivity index (χ2n) is 2.70. The van der Waals surface area contributed by atoms with E-state index in [2.05, 4.69) is 23.8 Å². The van der Waals surface area contributed by atoms with Gasteiger partial charge in [-0.05, 0) is 32.2 Å². The van der Waals surface area contributed by atoms with E-state index in [9.17, 15) is 0 Å². The van der Waals surface area contributed by atoms with E-state index in [0.29, 0.717) is 6.04 Å². The summed E-state index contributed by atoms with van der Waals surface area (Å²) in [6, 6.07) is 6.24. The van der Waals surface area contributed by atoms with Gasteiger partial charge in [-0.15, -0.1) is 0 Å². The molecular formula is C10H14N2. The van der Waals surface area contributed by atoms with Crippen LogP contribution in [0.5, 0.6) is 0 Å². The van der Waals surface area contributed by atoms with Crippen molar-refractivity contribution in [1.82, 2.24) is 10.3 Å². The predicted octanol–water partition coefficient (Wildman–Crippen LogP) is 2.00. The van der Waals surface area contributed by atoms with Crippen molar-refractivity contribution >= 4 is 6.08 Å². The fourth-order valence-corrected chi connectivity index (χ4v) is 0.972. The summed E-state index contributed by atoms with van der Waals surface area (Å²) in [7, 11) is 1.92. The number of pyridine rings is 1. The Morgan fingerprint density at radius 3 is 2.92 bits per heavy atom. The minimum atomic E-state index is 0.296. The monoisotopic (exact) mass is 162 g/mol. The van der Waals surface area contributed by atoms with Gasteiger partial charge in [0.05, 0.1) is 11.4 Å². The molecule has 0 spiro atoms. The third-order valence-electron chi connectivity index (χ3n) is 1.88. The lowest BCUT2D eigenvalue weighted by Gasteiger charge is -2.09. The van der Waals surface area contributed by atoms with Gasteiger partial charge < -0.3 is 5.32 Å². The van der Waals surface area contributed by atoms with Crippen LogP contribution in [0.15, 0.2) is 24.8 Å². The molecule has 1 heterocycles. The first-order valence-corrected chi connectivity index (χ1v) is 4.04. The molecule has 0 aliphatic rings. The quantitative estimate of drug-likeness (QED) is 0.735. The molecule has 1 aromatic heterocycles. The topological polar surface area (TPSA) is 24.9 Å². The fraction of sp³-hybridized carbons (Fsp3) is 0.300. The Morgan fingerprint density at radius 1 is 1.58 bits per heavy atom. The maximum atomic E-state index is 4.38. The Morgan fingerprint density at radius 2 is 2.33 bits per heavy atom. The average molecular weight is 162 g/mol. The van der Waals surface area contributed by atoms with Crippen molar-refractivity contribution in [3.63, 3.8) is 0 Å². The summed E-state index contributed by atoms with van der Waals surface area (Å²) in [5.74, 6) is 0. The van der Waals surface area contributed by atoms with Gasteiger partial charge in [-0.2, -0.15) is 0 Å². The number of nitrogens with zero attached hydrogens (tertiary/aromatic N) is 1. The second kappa shape index (κ2) is 4.02. The number of hydrogen-bond donors (Lipinski definition) is 1. The minimum Gasteiger partial charge on any atom is -0.312 e. The van der Waals surface area contributed by atoms with E-state index < -0.39 is 0 Å². The summed E-state index contributed by atoms with van der Waals surface area (Å²) < 4.78 is 0. The third-order valence-corrected chi connectivity index (χ3v) is 1.88. The standard InChI is InChI=1S/C10H14N2/c1-4-9-6-5-7-10(12-9)8(2)11-3/h4-8,11H,1H2,2-3H3/t8-/m1/s1. The van der Waals surface area contributed by atoms with Gasteiger partial charge in [0, 0.05) is 6.04 Å². The second-order valence-corrected chi connectivity index (χ2v) is 2.70. The molecule has 1 atom stereocenters. The first-order chi connectivity index (χ1) is 5.77. The highest BCUT2D eigenvalue weighted by molar-refractivity contribution is 5.41. The predicted molar refractivity (Wildman–Crippen MR) is 51.8 cm³/mol. The summed E-state index contributed by atoms with van der Waals surface area (Å²) in [5.41, 5.74) is 1.98. The molecule has 0 bridgehead atoms. The molecule has 1 N–H and O–H groups in total. The fourth-order valence-electron chi connectivity index (χ4n) is 0.972. The van der Waals surface area contributed by atoms with Crippen LogP contribution in [0.4, 0.5) is 0 Å². The van der Waals surface area contributed by atoms with E-state index >= 15 is 0 Å². The Hall–Kier alpha value is -1.15. The van der Waals surface area contributed by atoms with Gasteiger partial charge in [-0.1, -0.05) is 12.6 Å². The molecular weight excluding hydrogens is 148 g/mol. The van der Waals surface area contributed by atoms with Crippen LogP contribution in [-0.2, 0) is 0 Å². The van der Waals surface area contributed by atoms with Crippen LogP contribution in [-0.4, -0.2) is 12.0 Å². The van der Waals surface area contributed by atoms with Crippen LogP contribution in [0.2, 0.25) is 0 Å². The summed E-state index contributed by atoms with van der Waals surface area (Å²) in [6.07, 6.45) is 1.76. The molecule has 0 radical (unpaired) electrons. The molecule has 12 heavy (non-hydrogen) atoms. The van der Waals surface area contributed by atoms with E-state index in [4.69, 9.17) is 0 Å². The van der Waals surface area contributed by atoms with Crippen LogP contribution in [0.1, 0.15) is 24.4 Å². The molecule has 0 amide bonds. The summed E-state index contributed by atoms with van der Waals surface area (Å²) >= 11 is 0. The van der Waals surface area contributed by atoms with Crippen molar-refractivity contribution in [3.05, 3.63) is 36.2 Å². The highest BCUT2D eigenvalue weighted by atomic mass is 14.9. The maximum absolute atomic E-state index is 4.38. The van der Waals surface area contributed by atoms with Crippen LogP contribution in [0.25, 0.3) is 6.08 Å². The largest absolute Gasteiger partial charge is 0.312 e. The van der Waals surface area contributed by atoms with Crippen LogP contribution >= 0.6 is 0 Å². The zero-order valence-corrected chi connectivity index (χ0v) is 7.54. The third kappa shape index (κ3) is 1.92. The van der Waals surface area contributed by atoms with Gasteiger partial charge in [0.1, 0.15) is 0 Å². The molecule has 0 saturated heterocycles. The van der Waals surface area contributed by atoms with E-state index in [-0.39, 0.29) is 0 Å². The number of nitrogens with one attached hydrogen (secondary N) is 1. The van der Waals surface area contributed by atoms with Crippen LogP contribution in [0, 0.1) is 0 Å². The highest BCUT2D eigenvalue weighted by Gasteiger charge is 2.02. The zero-order valence-electron chi connectivity index (χ0n) is 7.54. The van der Waals surface area contributed by atoms with Gasteiger partial charge >= 0.3 is 0 Å². The van der Waals surface area contributed by atoms with E-state index in [1.807, 2.05) is 25.2 Å². The Bertz CT molecular complexity index is 268. The smallest absolute Gasteiger partial charge is 0.0627 e. The molecule has 0 aromatic carbocycles. The van der Waals surface area contributed by atoms with Crippen molar-refractivity contribution in [2.45, 2.75) is 13.0 Å². The number of rotatable bonds is 3.